The molecule has 0 saturated heterocycles. The van der Waals surface area contributed by atoms with E-state index in [2.05, 4.69) is 0 Å². The van der Waals surface area contributed by atoms with Gasteiger partial charge in [-0.15, -0.1) is 0 Å². The maximum Gasteiger partial charge on any atom is 0.311 e. The molecule has 3 aromatic carbocycles. The minimum atomic E-state index is -4.92. The van der Waals surface area contributed by atoms with Crippen molar-refractivity contribution in [1.29, 1.82) is 0 Å². The molecule has 0 aromatic heterocycles. The molecule has 0 spiro atoms. The normalized spacial score (nSPS) is 12.0. The molecule has 18 heteroatoms. The van der Waals surface area contributed by atoms with Crippen LogP contribution in [0.4, 0.5) is 17.1 Å². The molecule has 0 atom stereocenters. The number of hydrogen-bond acceptors (Lipinski definition) is 11. The van der Waals surface area contributed by atoms with Crippen molar-refractivity contribution in [2.24, 2.45) is 0 Å². The molecule has 0 bridgehead atoms. The van der Waals surface area contributed by atoms with E-state index < -0.39 is 55.7 Å². The summed E-state index contributed by atoms with van der Waals surface area (Å²) >= 11 is 0. The van der Waals surface area contributed by atoms with Gasteiger partial charge in [-0.25, -0.2) is 0 Å². The Balaban J connectivity index is 0.000000297. The lowest BCUT2D eigenvalue weighted by atomic mass is 10.1. The number of nitro benzene ring substituents is 1. The molecule has 0 unspecified atom stereocenters. The van der Waals surface area contributed by atoms with Crippen LogP contribution in [0.3, 0.4) is 0 Å². The highest BCUT2D eigenvalue weighted by Gasteiger charge is 2.23. The standard InChI is InChI=1S/C10H9NO9S3.C8H10N2O3/c11-8-4-7-5(2-10(8)23(18,19)20)1-6(21(12,13)14)3-9(7)22(15,16)17;1-5-3-7(10(11)12)8(13-2)4-6(5)9/h1-4H,11H2,(H,12,13,14)(H,15,16,17)(H,18,19,20);3-4H,9H2,1-2H3. The highest BCUT2D eigenvalue weighted by atomic mass is 32.2. The molecule has 0 fully saturated rings. The molecule has 0 radical (unpaired) electrons. The van der Waals surface area contributed by atoms with Crippen molar-refractivity contribution in [1.82, 2.24) is 0 Å². The molecule has 3 aromatic rings. The predicted octanol–water partition coefficient (Wildman–Crippen LogP) is 1.66. The fraction of sp³-hybridized carbons (Fsp3) is 0.111. The van der Waals surface area contributed by atoms with Crippen LogP contribution in [0.2, 0.25) is 0 Å². The summed E-state index contributed by atoms with van der Waals surface area (Å²) in [6, 6.07) is 5.63. The molecule has 0 amide bonds. The number of nitrogen functional groups attached to an aromatic ring is 2. The van der Waals surface area contributed by atoms with E-state index in [0.29, 0.717) is 23.4 Å². The summed E-state index contributed by atoms with van der Waals surface area (Å²) < 4.78 is 99.6. The van der Waals surface area contributed by atoms with Crippen LogP contribution in [-0.2, 0) is 30.4 Å². The Hall–Kier alpha value is -3.55. The van der Waals surface area contributed by atoms with Crippen molar-refractivity contribution in [3.05, 3.63) is 52.1 Å². The third-order valence-corrected chi connectivity index (χ3v) is 7.27. The first kappa shape index (κ1) is 28.7. The average Bonchev–Trinajstić information content (AvgIpc) is 2.72. The molecule has 0 aliphatic heterocycles. The minimum Gasteiger partial charge on any atom is -0.490 e. The zero-order chi connectivity index (χ0) is 27.8. The number of hydrogen-bond donors (Lipinski definition) is 5. The molecule has 15 nitrogen and oxygen atoms in total. The van der Waals surface area contributed by atoms with Crippen molar-refractivity contribution in [3.63, 3.8) is 0 Å². The van der Waals surface area contributed by atoms with E-state index in [-0.39, 0.29) is 22.2 Å². The van der Waals surface area contributed by atoms with Crippen LogP contribution in [0.25, 0.3) is 10.8 Å². The second kappa shape index (κ2) is 9.84. The van der Waals surface area contributed by atoms with Gasteiger partial charge in [0, 0.05) is 23.2 Å². The summed E-state index contributed by atoms with van der Waals surface area (Å²) in [5.74, 6) is 0.188. The van der Waals surface area contributed by atoms with Crippen LogP contribution < -0.4 is 16.2 Å². The number of ether oxygens (including phenoxy) is 1. The van der Waals surface area contributed by atoms with Crippen molar-refractivity contribution < 1.29 is 48.6 Å². The van der Waals surface area contributed by atoms with Crippen LogP contribution in [0.15, 0.2) is 51.1 Å². The van der Waals surface area contributed by atoms with Gasteiger partial charge in [0.2, 0.25) is 0 Å². The lowest BCUT2D eigenvalue weighted by Crippen LogP contribution is -2.07. The Bertz CT molecular complexity index is 1700. The molecule has 7 N–H and O–H groups in total. The number of nitrogens with two attached hydrogens (primary N) is 2. The maximum atomic E-state index is 11.4. The van der Waals surface area contributed by atoms with E-state index in [1.54, 1.807) is 6.92 Å². The van der Waals surface area contributed by atoms with Crippen molar-refractivity contribution in [3.8, 4) is 5.75 Å². The van der Waals surface area contributed by atoms with Crippen LogP contribution in [0, 0.1) is 17.0 Å². The number of nitrogens with zero attached hydrogens (tertiary/aromatic N) is 1. The van der Waals surface area contributed by atoms with Crippen LogP contribution >= 0.6 is 0 Å². The fourth-order valence-electron chi connectivity index (χ4n) is 2.93. The zero-order valence-corrected chi connectivity index (χ0v) is 20.8. The van der Waals surface area contributed by atoms with Crippen molar-refractivity contribution >= 4 is 58.2 Å². The first-order chi connectivity index (χ1) is 16.3. The summed E-state index contributed by atoms with van der Waals surface area (Å²) in [6.45, 7) is 1.71. The third-order valence-electron chi connectivity index (χ3n) is 4.64. The van der Waals surface area contributed by atoms with Gasteiger partial charge in [-0.05, 0) is 42.1 Å². The molecule has 0 aliphatic carbocycles. The number of benzene rings is 3. The Morgan fingerprint density at radius 3 is 1.81 bits per heavy atom. The van der Waals surface area contributed by atoms with Gasteiger partial charge >= 0.3 is 5.69 Å². The molecular formula is C18H19N3O12S3. The molecule has 3 rings (SSSR count). The third kappa shape index (κ3) is 6.36. The predicted molar refractivity (Wildman–Crippen MR) is 127 cm³/mol. The van der Waals surface area contributed by atoms with Gasteiger partial charge < -0.3 is 16.2 Å². The monoisotopic (exact) mass is 565 g/mol. The lowest BCUT2D eigenvalue weighted by molar-refractivity contribution is -0.385. The highest BCUT2D eigenvalue weighted by Crippen LogP contribution is 2.33. The Morgan fingerprint density at radius 1 is 0.806 bits per heavy atom. The largest absolute Gasteiger partial charge is 0.490 e. The van der Waals surface area contributed by atoms with Crippen LogP contribution in [0.5, 0.6) is 5.75 Å². The molecule has 0 saturated carbocycles. The summed E-state index contributed by atoms with van der Waals surface area (Å²) in [6.07, 6.45) is 0. The van der Waals surface area contributed by atoms with Gasteiger partial charge in [-0.1, -0.05) is 0 Å². The van der Waals surface area contributed by atoms with Gasteiger partial charge in [-0.2, -0.15) is 25.3 Å². The molecular weight excluding hydrogens is 546 g/mol. The summed E-state index contributed by atoms with van der Waals surface area (Å²) in [7, 11) is -13.2. The Morgan fingerprint density at radius 2 is 1.36 bits per heavy atom. The van der Waals surface area contributed by atoms with Gasteiger partial charge in [-0.3, -0.25) is 23.8 Å². The summed E-state index contributed by atoms with van der Waals surface area (Å²) in [4.78, 5) is 7.44. The van der Waals surface area contributed by atoms with Crippen molar-refractivity contribution in [2.75, 3.05) is 18.6 Å². The SMILES string of the molecule is COc1cc(N)c(C)cc1[N+](=O)[O-].Nc1cc2c(S(=O)(=O)O)cc(S(=O)(=O)O)cc2cc1S(=O)(=O)O. The number of methoxy groups -OCH3 is 1. The smallest absolute Gasteiger partial charge is 0.311 e. The number of anilines is 2. The van der Waals surface area contributed by atoms with Crippen LogP contribution in [-0.4, -0.2) is 50.9 Å². The minimum absolute atomic E-state index is 0.0609. The van der Waals surface area contributed by atoms with E-state index in [9.17, 15) is 39.9 Å². The summed E-state index contributed by atoms with van der Waals surface area (Å²) in [5.41, 5.74) is 11.6. The topological polar surface area (TPSA) is 268 Å². The average molecular weight is 566 g/mol. The number of nitro groups is 1. The second-order valence-electron chi connectivity index (χ2n) is 7.10. The van der Waals surface area contributed by atoms with E-state index >= 15 is 0 Å². The highest BCUT2D eigenvalue weighted by molar-refractivity contribution is 7.87. The molecule has 0 heterocycles. The van der Waals surface area contributed by atoms with Crippen molar-refractivity contribution in [2.45, 2.75) is 21.6 Å². The first-order valence-electron chi connectivity index (χ1n) is 9.15. The van der Waals surface area contributed by atoms with E-state index in [4.69, 9.17) is 25.3 Å². The van der Waals surface area contributed by atoms with Gasteiger partial charge in [0.25, 0.3) is 30.4 Å². The summed E-state index contributed by atoms with van der Waals surface area (Å²) in [5, 5.41) is 9.92. The Kier molecular flexibility index (Phi) is 7.84. The van der Waals surface area contributed by atoms with Gasteiger partial charge in [0.05, 0.1) is 22.6 Å². The van der Waals surface area contributed by atoms with Gasteiger partial charge in [0.15, 0.2) is 5.75 Å². The fourth-order valence-corrected chi connectivity index (χ4v) is 4.91. The Labute approximate surface area is 204 Å². The van der Waals surface area contributed by atoms with E-state index in [1.807, 2.05) is 0 Å². The number of aryl methyl sites for hydroxylation is 1. The zero-order valence-electron chi connectivity index (χ0n) is 18.3. The maximum absolute atomic E-state index is 11.4. The van der Waals surface area contributed by atoms with E-state index in [0.717, 1.165) is 12.1 Å². The molecule has 196 valence electrons. The quantitative estimate of drug-likeness (QED) is 0.127. The first-order valence-corrected chi connectivity index (χ1v) is 13.5. The number of rotatable bonds is 5. The molecule has 0 aliphatic rings. The number of fused-ring (bicyclic) bond motifs is 1. The second-order valence-corrected chi connectivity index (χ2v) is 11.3. The van der Waals surface area contributed by atoms with Crippen LogP contribution in [0.1, 0.15) is 5.56 Å². The molecule has 36 heavy (non-hydrogen) atoms. The van der Waals surface area contributed by atoms with Gasteiger partial charge in [0.1, 0.15) is 9.79 Å². The van der Waals surface area contributed by atoms with E-state index in [1.165, 1.54) is 19.2 Å². The lowest BCUT2D eigenvalue weighted by Gasteiger charge is -2.10.